The van der Waals surface area contributed by atoms with E-state index in [4.69, 9.17) is 19.4 Å². The first-order chi connectivity index (χ1) is 29.2. The number of nitrogens with zero attached hydrogens (tertiary/aromatic N) is 5. The van der Waals surface area contributed by atoms with Crippen molar-refractivity contribution in [2.75, 3.05) is 0 Å². The fourth-order valence-corrected chi connectivity index (χ4v) is 9.27. The highest BCUT2D eigenvalue weighted by Gasteiger charge is 2.24. The van der Waals surface area contributed by atoms with Gasteiger partial charge in [0.05, 0.1) is 27.8 Å². The lowest BCUT2D eigenvalue weighted by molar-refractivity contribution is 0.666. The second-order valence-electron chi connectivity index (χ2n) is 15.2. The summed E-state index contributed by atoms with van der Waals surface area (Å²) in [7, 11) is 0. The van der Waals surface area contributed by atoms with Crippen LogP contribution in [0.25, 0.3) is 122 Å². The van der Waals surface area contributed by atoms with Gasteiger partial charge in [0.1, 0.15) is 5.58 Å². The molecule has 4 heterocycles. The molecule has 0 saturated heterocycles. The molecule has 0 bridgehead atoms. The first-order valence-electron chi connectivity index (χ1n) is 19.9. The van der Waals surface area contributed by atoms with Gasteiger partial charge in [0.2, 0.25) is 5.95 Å². The van der Waals surface area contributed by atoms with Crippen molar-refractivity contribution in [1.82, 2.24) is 24.1 Å². The normalized spacial score (nSPS) is 12.1. The predicted octanol–water partition coefficient (Wildman–Crippen LogP) is 13.6. The maximum Gasteiger partial charge on any atom is 0.238 e. The lowest BCUT2D eigenvalue weighted by Crippen LogP contribution is -2.06. The van der Waals surface area contributed by atoms with Crippen LogP contribution >= 0.6 is 0 Å². The molecule has 0 N–H and O–H groups in total. The fourth-order valence-electron chi connectivity index (χ4n) is 9.27. The molecule has 0 aliphatic carbocycles. The van der Waals surface area contributed by atoms with Crippen LogP contribution in [0.1, 0.15) is 0 Å². The van der Waals surface area contributed by atoms with Crippen molar-refractivity contribution in [3.8, 4) is 34.4 Å². The number of hydrogen-bond donors (Lipinski definition) is 0. The summed E-state index contributed by atoms with van der Waals surface area (Å²) < 4.78 is 11.5. The van der Waals surface area contributed by atoms with Crippen molar-refractivity contribution < 1.29 is 4.42 Å². The summed E-state index contributed by atoms with van der Waals surface area (Å²) in [6, 6.07) is 66.1. The minimum atomic E-state index is 0.555. The van der Waals surface area contributed by atoms with Gasteiger partial charge in [-0.05, 0) is 58.6 Å². The van der Waals surface area contributed by atoms with E-state index in [0.29, 0.717) is 17.6 Å². The van der Waals surface area contributed by atoms with Crippen LogP contribution in [-0.2, 0) is 0 Å². The first kappa shape index (κ1) is 32.0. The zero-order chi connectivity index (χ0) is 38.6. The van der Waals surface area contributed by atoms with Crippen LogP contribution in [0.15, 0.2) is 192 Å². The molecular weight excluding hydrogens is 723 g/mol. The molecule has 4 aromatic heterocycles. The Morgan fingerprint density at radius 2 is 0.966 bits per heavy atom. The molecule has 0 amide bonds. The van der Waals surface area contributed by atoms with Crippen molar-refractivity contribution in [2.24, 2.45) is 0 Å². The molecule has 0 aliphatic rings. The molecule has 13 rings (SSSR count). The van der Waals surface area contributed by atoms with E-state index in [1.165, 1.54) is 32.3 Å². The topological polar surface area (TPSA) is 61.7 Å². The van der Waals surface area contributed by atoms with Gasteiger partial charge in [-0.15, -0.1) is 0 Å². The highest BCUT2D eigenvalue weighted by atomic mass is 16.3. The smallest absolute Gasteiger partial charge is 0.238 e. The van der Waals surface area contributed by atoms with Gasteiger partial charge in [-0.1, -0.05) is 146 Å². The van der Waals surface area contributed by atoms with Crippen LogP contribution < -0.4 is 0 Å². The molecule has 6 heteroatoms. The highest BCUT2D eigenvalue weighted by molar-refractivity contribution is 6.22. The molecular formula is C53H31N5O. The van der Waals surface area contributed by atoms with Crippen LogP contribution in [-0.4, -0.2) is 24.1 Å². The Kier molecular flexibility index (Phi) is 6.63. The van der Waals surface area contributed by atoms with E-state index in [0.717, 1.165) is 71.6 Å². The Morgan fingerprint density at radius 1 is 0.356 bits per heavy atom. The molecule has 0 unspecified atom stereocenters. The Morgan fingerprint density at radius 3 is 1.73 bits per heavy atom. The standard InChI is InChI=1S/C53H31N5O/c1-2-15-33(16-3-1)51-54-52(56-53(55-51)58-44-23-11-8-20-38(44)39-21-9-12-24-45(39)58)36-29-43-40-22-10-13-25-48(40)59-50(43)47(31-36)57-46-30-35-18-5-4-17-34(35)28-42(46)41-27-26-32-14-6-7-19-37(32)49(41)57/h1-31H. The average Bonchev–Trinajstić information content (AvgIpc) is 3.96. The summed E-state index contributed by atoms with van der Waals surface area (Å²) in [4.78, 5) is 15.9. The van der Waals surface area contributed by atoms with Gasteiger partial charge in [-0.25, -0.2) is 4.98 Å². The second kappa shape index (κ2) is 12.2. The van der Waals surface area contributed by atoms with Crippen molar-refractivity contribution in [3.05, 3.63) is 188 Å². The Balaban J connectivity index is 1.18. The molecule has 0 spiro atoms. The summed E-state index contributed by atoms with van der Waals surface area (Å²) in [5.74, 6) is 1.72. The third kappa shape index (κ3) is 4.71. The number of aromatic nitrogens is 5. The molecule has 6 nitrogen and oxygen atoms in total. The van der Waals surface area contributed by atoms with E-state index in [1.807, 2.05) is 30.3 Å². The molecule has 0 radical (unpaired) electrons. The van der Waals surface area contributed by atoms with Crippen molar-refractivity contribution >= 4 is 87.1 Å². The van der Waals surface area contributed by atoms with Crippen LogP contribution in [0.2, 0.25) is 0 Å². The quantitative estimate of drug-likeness (QED) is 0.180. The summed E-state index contributed by atoms with van der Waals surface area (Å²) >= 11 is 0. The van der Waals surface area contributed by atoms with Crippen LogP contribution in [0.5, 0.6) is 0 Å². The average molecular weight is 754 g/mol. The zero-order valence-electron chi connectivity index (χ0n) is 31.5. The molecule has 0 aliphatic heterocycles. The number of furan rings is 1. The van der Waals surface area contributed by atoms with Crippen molar-refractivity contribution in [2.45, 2.75) is 0 Å². The minimum absolute atomic E-state index is 0.555. The van der Waals surface area contributed by atoms with Crippen molar-refractivity contribution in [1.29, 1.82) is 0 Å². The maximum absolute atomic E-state index is 6.89. The maximum atomic E-state index is 6.89. The van der Waals surface area contributed by atoms with E-state index < -0.39 is 0 Å². The van der Waals surface area contributed by atoms with Gasteiger partial charge in [0.15, 0.2) is 17.2 Å². The highest BCUT2D eigenvalue weighted by Crippen LogP contribution is 2.43. The third-order valence-corrected chi connectivity index (χ3v) is 11.9. The van der Waals surface area contributed by atoms with Gasteiger partial charge < -0.3 is 8.98 Å². The van der Waals surface area contributed by atoms with Gasteiger partial charge in [0.25, 0.3) is 0 Å². The summed E-state index contributed by atoms with van der Waals surface area (Å²) in [6.07, 6.45) is 0. The summed E-state index contributed by atoms with van der Waals surface area (Å²) in [5, 5.41) is 11.4. The third-order valence-electron chi connectivity index (χ3n) is 11.9. The number of benzene rings is 9. The van der Waals surface area contributed by atoms with E-state index in [2.05, 4.69) is 167 Å². The summed E-state index contributed by atoms with van der Waals surface area (Å²) in [5.41, 5.74) is 8.60. The Hall–Kier alpha value is -8.09. The van der Waals surface area contributed by atoms with Crippen LogP contribution in [0.3, 0.4) is 0 Å². The van der Waals surface area contributed by atoms with Gasteiger partial charge in [-0.2, -0.15) is 9.97 Å². The molecule has 13 aromatic rings. The molecule has 274 valence electrons. The largest absolute Gasteiger partial charge is 0.454 e. The van der Waals surface area contributed by atoms with Gasteiger partial charge in [0, 0.05) is 48.8 Å². The zero-order valence-corrected chi connectivity index (χ0v) is 31.5. The molecule has 0 saturated carbocycles. The fraction of sp³-hybridized carbons (Fsp3) is 0. The predicted molar refractivity (Wildman–Crippen MR) is 242 cm³/mol. The molecule has 0 atom stereocenters. The monoisotopic (exact) mass is 753 g/mol. The summed E-state index contributed by atoms with van der Waals surface area (Å²) in [6.45, 7) is 0. The van der Waals surface area contributed by atoms with Gasteiger partial charge >= 0.3 is 0 Å². The minimum Gasteiger partial charge on any atom is -0.454 e. The van der Waals surface area contributed by atoms with Crippen LogP contribution in [0, 0.1) is 0 Å². The van der Waals surface area contributed by atoms with E-state index >= 15 is 0 Å². The van der Waals surface area contributed by atoms with E-state index in [-0.39, 0.29) is 0 Å². The van der Waals surface area contributed by atoms with Gasteiger partial charge in [-0.3, -0.25) is 4.57 Å². The van der Waals surface area contributed by atoms with E-state index in [9.17, 15) is 0 Å². The molecule has 0 fully saturated rings. The number of fused-ring (bicyclic) bond motifs is 12. The van der Waals surface area contributed by atoms with Crippen LogP contribution in [0.4, 0.5) is 0 Å². The lowest BCUT2D eigenvalue weighted by Gasteiger charge is -2.14. The Labute approximate surface area is 336 Å². The van der Waals surface area contributed by atoms with Crippen molar-refractivity contribution in [3.63, 3.8) is 0 Å². The second-order valence-corrected chi connectivity index (χ2v) is 15.2. The lowest BCUT2D eigenvalue weighted by atomic mass is 10.0. The molecule has 9 aromatic carbocycles. The van der Waals surface area contributed by atoms with E-state index in [1.54, 1.807) is 0 Å². The number of rotatable bonds is 4. The SMILES string of the molecule is c1ccc(-c2nc(-c3cc(-n4c5cc6ccccc6cc5c5ccc6ccccc6c54)c4oc5ccccc5c4c3)nc(-n3c4ccccc4c4ccccc43)n2)cc1. The Bertz CT molecular complexity index is 3800. The molecule has 59 heavy (non-hydrogen) atoms. The number of para-hydroxylation sites is 3. The number of hydrogen-bond acceptors (Lipinski definition) is 4. The first-order valence-corrected chi connectivity index (χ1v) is 19.9.